The molecule has 0 unspecified atom stereocenters. The quantitative estimate of drug-likeness (QED) is 0.730. The van der Waals surface area contributed by atoms with Gasteiger partial charge in [-0.1, -0.05) is 23.7 Å². The average molecular weight is 364 g/mol. The molecule has 0 spiro atoms. The van der Waals surface area contributed by atoms with Crippen molar-refractivity contribution < 1.29 is 13.9 Å². The third-order valence-electron chi connectivity index (χ3n) is 3.32. The number of methoxy groups -OCH3 is 1. The maximum absolute atomic E-state index is 13.2. The third kappa shape index (κ3) is 4.23. The Morgan fingerprint density at radius 3 is 2.92 bits per heavy atom. The highest BCUT2D eigenvalue weighted by atomic mass is 35.5. The van der Waals surface area contributed by atoms with Gasteiger partial charge in [0.05, 0.1) is 6.54 Å². The van der Waals surface area contributed by atoms with Crippen LogP contribution in [0.4, 0.5) is 10.2 Å². The number of carbonyl (C=O) groups excluding carboxylic acids is 1. The standard InChI is InChI=1S/C16H15ClFN5O2/c1-25-10-22-6-5-14(20-22)16(24)19-15-13(17)9-23(21-15)8-11-3-2-4-12(18)7-11/h2-7,9H,8,10H2,1H3,(H,19,21,24). The second-order valence-electron chi connectivity index (χ2n) is 5.27. The molecule has 0 saturated carbocycles. The average Bonchev–Trinajstić information content (AvgIpc) is 3.15. The van der Waals surface area contributed by atoms with Gasteiger partial charge in [0, 0.05) is 19.5 Å². The lowest BCUT2D eigenvalue weighted by Gasteiger charge is -2.02. The molecule has 25 heavy (non-hydrogen) atoms. The Kier molecular flexibility index (Phi) is 5.11. The molecule has 0 fully saturated rings. The highest BCUT2D eigenvalue weighted by molar-refractivity contribution is 6.33. The van der Waals surface area contributed by atoms with Gasteiger partial charge in [-0.3, -0.25) is 9.48 Å². The van der Waals surface area contributed by atoms with Crippen LogP contribution in [-0.2, 0) is 18.0 Å². The number of hydrogen-bond acceptors (Lipinski definition) is 4. The van der Waals surface area contributed by atoms with Crippen molar-refractivity contribution in [1.82, 2.24) is 19.6 Å². The van der Waals surface area contributed by atoms with Crippen LogP contribution in [0.2, 0.25) is 5.02 Å². The van der Waals surface area contributed by atoms with Crippen LogP contribution in [0.15, 0.2) is 42.7 Å². The summed E-state index contributed by atoms with van der Waals surface area (Å²) in [5.74, 6) is -0.548. The first-order chi connectivity index (χ1) is 12.0. The Labute approximate surface area is 148 Å². The number of rotatable bonds is 6. The second kappa shape index (κ2) is 7.45. The molecule has 1 amide bonds. The molecule has 3 aromatic rings. The Bertz CT molecular complexity index is 892. The van der Waals surface area contributed by atoms with E-state index in [1.165, 1.54) is 28.6 Å². The molecule has 0 saturated heterocycles. The summed E-state index contributed by atoms with van der Waals surface area (Å²) >= 11 is 6.11. The van der Waals surface area contributed by atoms with Crippen molar-refractivity contribution >= 4 is 23.3 Å². The molecular formula is C16H15ClFN5O2. The van der Waals surface area contributed by atoms with Crippen molar-refractivity contribution in [2.24, 2.45) is 0 Å². The number of anilines is 1. The van der Waals surface area contributed by atoms with Crippen LogP contribution in [-0.4, -0.2) is 32.6 Å². The van der Waals surface area contributed by atoms with Crippen LogP contribution < -0.4 is 5.32 Å². The van der Waals surface area contributed by atoms with Gasteiger partial charge in [0.25, 0.3) is 5.91 Å². The van der Waals surface area contributed by atoms with Crippen LogP contribution in [0.1, 0.15) is 16.1 Å². The maximum Gasteiger partial charge on any atom is 0.277 e. The van der Waals surface area contributed by atoms with E-state index in [9.17, 15) is 9.18 Å². The summed E-state index contributed by atoms with van der Waals surface area (Å²) in [7, 11) is 1.53. The minimum absolute atomic E-state index is 0.212. The molecule has 0 aliphatic heterocycles. The van der Waals surface area contributed by atoms with Crippen LogP contribution in [0, 0.1) is 5.82 Å². The first kappa shape index (κ1) is 17.1. The topological polar surface area (TPSA) is 74.0 Å². The summed E-state index contributed by atoms with van der Waals surface area (Å²) in [6.07, 6.45) is 3.19. The molecule has 7 nitrogen and oxygen atoms in total. The number of ether oxygens (including phenoxy) is 1. The summed E-state index contributed by atoms with van der Waals surface area (Å²) in [5, 5.41) is 11.2. The fourth-order valence-electron chi connectivity index (χ4n) is 2.24. The molecule has 130 valence electrons. The lowest BCUT2D eigenvalue weighted by Crippen LogP contribution is -2.14. The summed E-state index contributed by atoms with van der Waals surface area (Å²) in [5.41, 5.74) is 0.947. The Morgan fingerprint density at radius 2 is 2.16 bits per heavy atom. The normalized spacial score (nSPS) is 10.8. The zero-order chi connectivity index (χ0) is 17.8. The van der Waals surface area contributed by atoms with Crippen molar-refractivity contribution in [3.8, 4) is 0 Å². The van der Waals surface area contributed by atoms with Gasteiger partial charge in [-0.05, 0) is 23.8 Å². The van der Waals surface area contributed by atoms with Crippen molar-refractivity contribution in [1.29, 1.82) is 0 Å². The van der Waals surface area contributed by atoms with Gasteiger partial charge in [-0.15, -0.1) is 0 Å². The molecule has 0 bridgehead atoms. The molecule has 2 aromatic heterocycles. The maximum atomic E-state index is 13.2. The lowest BCUT2D eigenvalue weighted by molar-refractivity contribution is 0.101. The minimum atomic E-state index is -0.437. The van der Waals surface area contributed by atoms with Crippen LogP contribution in [0.3, 0.4) is 0 Å². The predicted octanol–water partition coefficient (Wildman–Crippen LogP) is 2.78. The molecule has 2 heterocycles. The van der Waals surface area contributed by atoms with Gasteiger partial charge in [-0.25, -0.2) is 9.07 Å². The summed E-state index contributed by atoms with van der Waals surface area (Å²) < 4.78 is 21.2. The van der Waals surface area contributed by atoms with Gasteiger partial charge in [0.2, 0.25) is 0 Å². The van der Waals surface area contributed by atoms with Crippen LogP contribution in [0.25, 0.3) is 0 Å². The van der Waals surface area contributed by atoms with E-state index >= 15 is 0 Å². The molecule has 1 N–H and O–H groups in total. The van der Waals surface area contributed by atoms with Crippen molar-refractivity contribution in [3.63, 3.8) is 0 Å². The van der Waals surface area contributed by atoms with Crippen molar-refractivity contribution in [3.05, 3.63) is 64.8 Å². The van der Waals surface area contributed by atoms with E-state index in [0.717, 1.165) is 5.56 Å². The summed E-state index contributed by atoms with van der Waals surface area (Å²) in [6, 6.07) is 7.74. The van der Waals surface area contributed by atoms with Gasteiger partial charge in [0.1, 0.15) is 17.6 Å². The molecule has 0 atom stereocenters. The number of nitrogens with zero attached hydrogens (tertiary/aromatic N) is 4. The van der Waals surface area contributed by atoms with Gasteiger partial charge < -0.3 is 10.1 Å². The van der Waals surface area contributed by atoms with E-state index in [4.69, 9.17) is 16.3 Å². The van der Waals surface area contributed by atoms with E-state index in [1.807, 2.05) is 0 Å². The lowest BCUT2D eigenvalue weighted by atomic mass is 10.2. The summed E-state index contributed by atoms with van der Waals surface area (Å²) in [6.45, 7) is 0.576. The predicted molar refractivity (Wildman–Crippen MR) is 89.9 cm³/mol. The summed E-state index contributed by atoms with van der Waals surface area (Å²) in [4.78, 5) is 12.2. The fourth-order valence-corrected chi connectivity index (χ4v) is 2.44. The zero-order valence-corrected chi connectivity index (χ0v) is 14.1. The number of hydrogen-bond donors (Lipinski definition) is 1. The van der Waals surface area contributed by atoms with Crippen LogP contribution in [0.5, 0.6) is 0 Å². The first-order valence-electron chi connectivity index (χ1n) is 7.36. The Morgan fingerprint density at radius 1 is 1.32 bits per heavy atom. The Hall–Kier alpha value is -2.71. The number of halogens is 2. The largest absolute Gasteiger partial charge is 0.362 e. The second-order valence-corrected chi connectivity index (χ2v) is 5.67. The Balaban J connectivity index is 1.70. The number of benzene rings is 1. The van der Waals surface area contributed by atoms with E-state index in [0.29, 0.717) is 6.54 Å². The van der Waals surface area contributed by atoms with Crippen molar-refractivity contribution in [2.45, 2.75) is 13.3 Å². The van der Waals surface area contributed by atoms with Crippen LogP contribution >= 0.6 is 11.6 Å². The van der Waals surface area contributed by atoms with E-state index in [2.05, 4.69) is 15.5 Å². The highest BCUT2D eigenvalue weighted by Crippen LogP contribution is 2.20. The zero-order valence-electron chi connectivity index (χ0n) is 13.3. The fraction of sp³-hybridized carbons (Fsp3) is 0.188. The number of aromatic nitrogens is 4. The minimum Gasteiger partial charge on any atom is -0.362 e. The molecule has 1 aromatic carbocycles. The highest BCUT2D eigenvalue weighted by Gasteiger charge is 2.15. The van der Waals surface area contributed by atoms with E-state index in [1.54, 1.807) is 30.6 Å². The van der Waals surface area contributed by atoms with E-state index in [-0.39, 0.29) is 29.1 Å². The smallest absolute Gasteiger partial charge is 0.277 e. The van der Waals surface area contributed by atoms with Gasteiger partial charge in [-0.2, -0.15) is 10.2 Å². The molecule has 0 aliphatic carbocycles. The molecule has 9 heteroatoms. The third-order valence-corrected chi connectivity index (χ3v) is 3.59. The SMILES string of the molecule is COCn1ccc(C(=O)Nc2nn(Cc3cccc(F)c3)cc2Cl)n1. The molecular weight excluding hydrogens is 349 g/mol. The number of amides is 1. The number of carbonyl (C=O) groups is 1. The first-order valence-corrected chi connectivity index (χ1v) is 7.74. The van der Waals surface area contributed by atoms with Gasteiger partial charge >= 0.3 is 0 Å². The van der Waals surface area contributed by atoms with E-state index < -0.39 is 5.91 Å². The number of nitrogens with one attached hydrogen (secondary N) is 1. The molecule has 0 aliphatic rings. The molecule has 0 radical (unpaired) electrons. The molecule has 3 rings (SSSR count). The van der Waals surface area contributed by atoms with Gasteiger partial charge in [0.15, 0.2) is 11.5 Å². The monoisotopic (exact) mass is 363 g/mol. The van der Waals surface area contributed by atoms with Crippen molar-refractivity contribution in [2.75, 3.05) is 12.4 Å².